The molecule has 2 rings (SSSR count). The molecular weight excluding hydrogens is 188 g/mol. The molecule has 13 heavy (non-hydrogen) atoms. The maximum atomic E-state index is 10.6. The van der Waals surface area contributed by atoms with E-state index in [1.54, 1.807) is 0 Å². The molecule has 1 unspecified atom stereocenters. The van der Waals surface area contributed by atoms with Crippen molar-refractivity contribution in [1.82, 2.24) is 10.1 Å². The zero-order chi connectivity index (χ0) is 9.10. The summed E-state index contributed by atoms with van der Waals surface area (Å²) in [6, 6.07) is 0. The Hall–Kier alpha value is -0.710. The van der Waals surface area contributed by atoms with Gasteiger partial charge in [-0.1, -0.05) is 11.6 Å². The van der Waals surface area contributed by atoms with Gasteiger partial charge < -0.3 is 0 Å². The van der Waals surface area contributed by atoms with Gasteiger partial charge in [-0.3, -0.25) is 9.51 Å². The summed E-state index contributed by atoms with van der Waals surface area (Å²) in [4.78, 5) is 13.2. The van der Waals surface area contributed by atoms with E-state index in [0.29, 0.717) is 11.1 Å². The van der Waals surface area contributed by atoms with Crippen molar-refractivity contribution in [2.24, 2.45) is 0 Å². The van der Waals surface area contributed by atoms with Gasteiger partial charge in [0.15, 0.2) is 5.82 Å². The summed E-state index contributed by atoms with van der Waals surface area (Å²) in [5.41, 5.74) is 0. The Kier molecular flexibility index (Phi) is 2.73. The molecule has 1 aromatic heterocycles. The van der Waals surface area contributed by atoms with Gasteiger partial charge in [0, 0.05) is 11.7 Å². The van der Waals surface area contributed by atoms with Crippen molar-refractivity contribution in [3.8, 4) is 0 Å². The highest BCUT2D eigenvalue weighted by Gasteiger charge is 2.16. The predicted octanol–water partition coefficient (Wildman–Crippen LogP) is 1.19. The molecule has 1 N–H and O–H groups in total. The molecule has 72 valence electrons. The first-order chi connectivity index (χ1) is 6.34. The third-order valence-corrected chi connectivity index (χ3v) is 3.58. The van der Waals surface area contributed by atoms with Gasteiger partial charge in [0.1, 0.15) is 0 Å². The molecule has 4 nitrogen and oxygen atoms in total. The Labute approximate surface area is 80.1 Å². The predicted molar refractivity (Wildman–Crippen MR) is 50.9 cm³/mol. The third kappa shape index (κ3) is 2.37. The summed E-state index contributed by atoms with van der Waals surface area (Å²) in [5.74, 6) is 1.47. The van der Waals surface area contributed by atoms with Crippen molar-refractivity contribution in [3.05, 3.63) is 16.4 Å². The van der Waals surface area contributed by atoms with Gasteiger partial charge in [0.2, 0.25) is 0 Å². The van der Waals surface area contributed by atoms with E-state index in [4.69, 9.17) is 0 Å². The van der Waals surface area contributed by atoms with E-state index in [-0.39, 0.29) is 0 Å². The van der Waals surface area contributed by atoms with Crippen molar-refractivity contribution in [2.45, 2.75) is 30.9 Å². The van der Waals surface area contributed by atoms with Crippen molar-refractivity contribution >= 4 is 11.8 Å². The SMILES string of the molecule is O=c1[nH]c(CC2CCCCS2)no1. The zero-order valence-corrected chi connectivity index (χ0v) is 8.10. The fraction of sp³-hybridized carbons (Fsp3) is 0.750. The number of aromatic amines is 1. The highest BCUT2D eigenvalue weighted by Crippen LogP contribution is 2.26. The van der Waals surface area contributed by atoms with Gasteiger partial charge in [0.05, 0.1) is 0 Å². The molecule has 2 heterocycles. The number of H-pyrrole nitrogens is 1. The quantitative estimate of drug-likeness (QED) is 0.779. The van der Waals surface area contributed by atoms with E-state index in [2.05, 4.69) is 14.7 Å². The molecule has 0 bridgehead atoms. The Morgan fingerprint density at radius 3 is 3.15 bits per heavy atom. The molecule has 1 atom stereocenters. The van der Waals surface area contributed by atoms with Gasteiger partial charge in [-0.05, 0) is 18.6 Å². The first-order valence-electron chi connectivity index (χ1n) is 4.51. The lowest BCUT2D eigenvalue weighted by Crippen LogP contribution is -2.13. The lowest BCUT2D eigenvalue weighted by Gasteiger charge is -2.19. The minimum atomic E-state index is -0.448. The fourth-order valence-corrected chi connectivity index (χ4v) is 2.85. The maximum Gasteiger partial charge on any atom is 0.438 e. The second-order valence-electron chi connectivity index (χ2n) is 3.23. The zero-order valence-electron chi connectivity index (χ0n) is 7.28. The number of nitrogens with one attached hydrogen (secondary N) is 1. The molecule has 1 fully saturated rings. The summed E-state index contributed by atoms with van der Waals surface area (Å²) >= 11 is 1.96. The second kappa shape index (κ2) is 4.00. The smallest absolute Gasteiger partial charge is 0.296 e. The van der Waals surface area contributed by atoms with Gasteiger partial charge >= 0.3 is 5.76 Å². The Bertz CT molecular complexity index is 314. The van der Waals surface area contributed by atoms with Gasteiger partial charge in [-0.15, -0.1) is 0 Å². The van der Waals surface area contributed by atoms with Crippen LogP contribution in [0.15, 0.2) is 9.32 Å². The summed E-state index contributed by atoms with van der Waals surface area (Å²) in [6.07, 6.45) is 4.66. The molecule has 0 spiro atoms. The highest BCUT2D eigenvalue weighted by molar-refractivity contribution is 7.99. The fourth-order valence-electron chi connectivity index (χ4n) is 1.53. The van der Waals surface area contributed by atoms with Crippen molar-refractivity contribution in [3.63, 3.8) is 0 Å². The lowest BCUT2D eigenvalue weighted by atomic mass is 10.1. The highest BCUT2D eigenvalue weighted by atomic mass is 32.2. The second-order valence-corrected chi connectivity index (χ2v) is 4.64. The molecule has 1 aliphatic heterocycles. The van der Waals surface area contributed by atoms with E-state index < -0.39 is 5.76 Å². The summed E-state index contributed by atoms with van der Waals surface area (Å²) in [7, 11) is 0. The van der Waals surface area contributed by atoms with Crippen LogP contribution in [0.25, 0.3) is 0 Å². The van der Waals surface area contributed by atoms with E-state index in [9.17, 15) is 4.79 Å². The molecule has 1 aromatic rings. The molecule has 0 aliphatic carbocycles. The van der Waals surface area contributed by atoms with Crippen LogP contribution >= 0.6 is 11.8 Å². The molecule has 1 saturated heterocycles. The third-order valence-electron chi connectivity index (χ3n) is 2.18. The maximum absolute atomic E-state index is 10.6. The van der Waals surface area contributed by atoms with Crippen LogP contribution < -0.4 is 5.76 Å². The summed E-state index contributed by atoms with van der Waals surface area (Å²) < 4.78 is 4.44. The molecular formula is C8H12N2O2S. The molecule has 1 aliphatic rings. The summed E-state index contributed by atoms with van der Waals surface area (Å²) in [6.45, 7) is 0. The van der Waals surface area contributed by atoms with Crippen LogP contribution in [0.3, 0.4) is 0 Å². The first-order valence-corrected chi connectivity index (χ1v) is 5.56. The molecule has 5 heteroatoms. The molecule has 0 saturated carbocycles. The van der Waals surface area contributed by atoms with Crippen LogP contribution in [0.1, 0.15) is 25.1 Å². The standard InChI is InChI=1S/C8H12N2O2S/c11-8-9-7(10-12-8)5-6-3-1-2-4-13-6/h6H,1-5H2,(H,9,10,11). The minimum Gasteiger partial charge on any atom is -0.296 e. The Morgan fingerprint density at radius 1 is 1.62 bits per heavy atom. The number of thioether (sulfide) groups is 1. The summed E-state index contributed by atoms with van der Waals surface area (Å²) in [5, 5.41) is 4.26. The number of hydrogen-bond donors (Lipinski definition) is 1. The normalized spacial score (nSPS) is 23.2. The van der Waals surface area contributed by atoms with Crippen LogP contribution in [0.4, 0.5) is 0 Å². The number of nitrogens with zero attached hydrogens (tertiary/aromatic N) is 1. The Balaban J connectivity index is 1.93. The molecule has 0 aromatic carbocycles. The van der Waals surface area contributed by atoms with Crippen LogP contribution in [0, 0.1) is 0 Å². The number of rotatable bonds is 2. The average molecular weight is 200 g/mol. The van der Waals surface area contributed by atoms with Crippen LogP contribution in [-0.4, -0.2) is 21.1 Å². The van der Waals surface area contributed by atoms with E-state index in [1.165, 1.54) is 25.0 Å². The van der Waals surface area contributed by atoms with Crippen LogP contribution in [0.2, 0.25) is 0 Å². The lowest BCUT2D eigenvalue weighted by molar-refractivity contribution is 0.380. The Morgan fingerprint density at radius 2 is 2.54 bits per heavy atom. The number of aromatic nitrogens is 2. The van der Waals surface area contributed by atoms with Crippen LogP contribution in [-0.2, 0) is 6.42 Å². The van der Waals surface area contributed by atoms with Crippen molar-refractivity contribution < 1.29 is 4.52 Å². The number of hydrogen-bond acceptors (Lipinski definition) is 4. The van der Waals surface area contributed by atoms with Gasteiger partial charge in [-0.2, -0.15) is 11.8 Å². The largest absolute Gasteiger partial charge is 0.438 e. The average Bonchev–Trinajstić information content (AvgIpc) is 2.53. The van der Waals surface area contributed by atoms with Crippen LogP contribution in [0.5, 0.6) is 0 Å². The van der Waals surface area contributed by atoms with Crippen molar-refractivity contribution in [1.29, 1.82) is 0 Å². The van der Waals surface area contributed by atoms with Gasteiger partial charge in [0.25, 0.3) is 0 Å². The molecule has 0 radical (unpaired) electrons. The van der Waals surface area contributed by atoms with E-state index in [1.807, 2.05) is 11.8 Å². The van der Waals surface area contributed by atoms with E-state index >= 15 is 0 Å². The van der Waals surface area contributed by atoms with E-state index in [0.717, 1.165) is 6.42 Å². The van der Waals surface area contributed by atoms with Crippen molar-refractivity contribution in [2.75, 3.05) is 5.75 Å². The minimum absolute atomic E-state index is 0.448. The van der Waals surface area contributed by atoms with Gasteiger partial charge in [-0.25, -0.2) is 4.79 Å². The monoisotopic (exact) mass is 200 g/mol. The molecule has 0 amide bonds. The first kappa shape index (κ1) is 8.87. The topological polar surface area (TPSA) is 58.9 Å².